The number of ether oxygens (including phenoxy) is 1. The zero-order chi connectivity index (χ0) is 10.8. The molecule has 15 heavy (non-hydrogen) atoms. The molecule has 0 saturated carbocycles. The third-order valence-corrected chi connectivity index (χ3v) is 2.55. The average Bonchev–Trinajstić information content (AvgIpc) is 2.27. The number of hydrogen-bond donors (Lipinski definition) is 1. The molecule has 0 aliphatic rings. The summed E-state index contributed by atoms with van der Waals surface area (Å²) in [6.45, 7) is 1.77. The summed E-state index contributed by atoms with van der Waals surface area (Å²) in [4.78, 5) is 0. The minimum absolute atomic E-state index is 0.430. The molecule has 0 spiro atoms. The van der Waals surface area contributed by atoms with E-state index < -0.39 is 6.10 Å². The van der Waals surface area contributed by atoms with Crippen molar-refractivity contribution in [3.63, 3.8) is 0 Å². The number of rotatable bonds is 2. The molecule has 0 aromatic heterocycles. The molecule has 0 aliphatic heterocycles. The largest absolute Gasteiger partial charge is 0.497 e. The minimum atomic E-state index is -0.430. The summed E-state index contributed by atoms with van der Waals surface area (Å²) >= 11 is 0. The third kappa shape index (κ3) is 1.95. The van der Waals surface area contributed by atoms with Crippen LogP contribution in [0.5, 0.6) is 5.75 Å². The fourth-order valence-electron chi connectivity index (χ4n) is 1.63. The van der Waals surface area contributed by atoms with E-state index in [0.717, 1.165) is 22.1 Å². The Bertz CT molecular complexity index is 475. The van der Waals surface area contributed by atoms with Crippen molar-refractivity contribution in [1.82, 2.24) is 0 Å². The van der Waals surface area contributed by atoms with Crippen molar-refractivity contribution < 1.29 is 9.84 Å². The second-order valence-electron chi connectivity index (χ2n) is 3.65. The Morgan fingerprint density at radius 3 is 2.47 bits per heavy atom. The molecule has 1 unspecified atom stereocenters. The first-order valence-electron chi connectivity index (χ1n) is 4.96. The fourth-order valence-corrected chi connectivity index (χ4v) is 1.63. The standard InChI is InChI=1S/C13H14O2/c1-9(14)11-4-3-10-5-6-13(15-2)8-12(10)7-11/h3-9,14H,1-2H3. The van der Waals surface area contributed by atoms with Gasteiger partial charge in [-0.1, -0.05) is 18.2 Å². The maximum absolute atomic E-state index is 9.48. The highest BCUT2D eigenvalue weighted by molar-refractivity contribution is 5.84. The van der Waals surface area contributed by atoms with Crippen LogP contribution < -0.4 is 4.74 Å². The van der Waals surface area contributed by atoms with E-state index in [1.54, 1.807) is 14.0 Å². The second kappa shape index (κ2) is 3.91. The van der Waals surface area contributed by atoms with Crippen molar-refractivity contribution in [3.8, 4) is 5.75 Å². The monoisotopic (exact) mass is 202 g/mol. The molecule has 2 aromatic carbocycles. The lowest BCUT2D eigenvalue weighted by atomic mass is 10.0. The smallest absolute Gasteiger partial charge is 0.119 e. The molecule has 0 fully saturated rings. The van der Waals surface area contributed by atoms with Crippen LogP contribution in [0.3, 0.4) is 0 Å². The van der Waals surface area contributed by atoms with E-state index in [2.05, 4.69) is 0 Å². The average molecular weight is 202 g/mol. The molecule has 2 heteroatoms. The first-order valence-corrected chi connectivity index (χ1v) is 4.96. The first kappa shape index (κ1) is 9.99. The van der Waals surface area contributed by atoms with Crippen molar-refractivity contribution in [2.75, 3.05) is 7.11 Å². The first-order chi connectivity index (χ1) is 7.20. The molecule has 1 atom stereocenters. The molecule has 78 valence electrons. The molecule has 0 radical (unpaired) electrons. The van der Waals surface area contributed by atoms with Gasteiger partial charge < -0.3 is 9.84 Å². The summed E-state index contributed by atoms with van der Waals surface area (Å²) in [5.41, 5.74) is 0.927. The van der Waals surface area contributed by atoms with Crippen molar-refractivity contribution in [1.29, 1.82) is 0 Å². The lowest BCUT2D eigenvalue weighted by molar-refractivity contribution is 0.199. The predicted molar refractivity (Wildman–Crippen MR) is 61.1 cm³/mol. The zero-order valence-electron chi connectivity index (χ0n) is 8.90. The van der Waals surface area contributed by atoms with Gasteiger partial charge in [-0.2, -0.15) is 0 Å². The maximum atomic E-state index is 9.48. The zero-order valence-corrected chi connectivity index (χ0v) is 8.90. The van der Waals surface area contributed by atoms with E-state index in [4.69, 9.17) is 4.74 Å². The Morgan fingerprint density at radius 2 is 1.80 bits per heavy atom. The molecular weight excluding hydrogens is 188 g/mol. The normalized spacial score (nSPS) is 12.7. The Kier molecular flexibility index (Phi) is 2.60. The highest BCUT2D eigenvalue weighted by Crippen LogP contribution is 2.24. The van der Waals surface area contributed by atoms with E-state index in [0.29, 0.717) is 0 Å². The van der Waals surface area contributed by atoms with Gasteiger partial charge in [-0.05, 0) is 41.5 Å². The number of benzene rings is 2. The van der Waals surface area contributed by atoms with Crippen LogP contribution in [0.1, 0.15) is 18.6 Å². The topological polar surface area (TPSA) is 29.5 Å². The van der Waals surface area contributed by atoms with Crippen LogP contribution in [0.2, 0.25) is 0 Å². The SMILES string of the molecule is COc1ccc2ccc(C(C)O)cc2c1. The third-order valence-electron chi connectivity index (χ3n) is 2.55. The van der Waals surface area contributed by atoms with Gasteiger partial charge >= 0.3 is 0 Å². The quantitative estimate of drug-likeness (QED) is 0.811. The molecule has 0 aliphatic carbocycles. The summed E-state index contributed by atoms with van der Waals surface area (Å²) in [5, 5.41) is 11.7. The minimum Gasteiger partial charge on any atom is -0.497 e. The van der Waals surface area contributed by atoms with E-state index >= 15 is 0 Å². The number of hydrogen-bond acceptors (Lipinski definition) is 2. The molecule has 2 nitrogen and oxygen atoms in total. The van der Waals surface area contributed by atoms with Crippen LogP contribution in [-0.2, 0) is 0 Å². The molecule has 2 rings (SSSR count). The summed E-state index contributed by atoms with van der Waals surface area (Å²) < 4.78 is 5.16. The van der Waals surface area contributed by atoms with Crippen LogP contribution in [-0.4, -0.2) is 12.2 Å². The van der Waals surface area contributed by atoms with Crippen LogP contribution >= 0.6 is 0 Å². The summed E-state index contributed by atoms with van der Waals surface area (Å²) in [5.74, 6) is 0.838. The Morgan fingerprint density at radius 1 is 1.07 bits per heavy atom. The lowest BCUT2D eigenvalue weighted by Crippen LogP contribution is -1.90. The molecule has 0 heterocycles. The number of aliphatic hydroxyl groups excluding tert-OH is 1. The van der Waals surface area contributed by atoms with Crippen LogP contribution in [0.25, 0.3) is 10.8 Å². The van der Waals surface area contributed by atoms with E-state index in [-0.39, 0.29) is 0 Å². The number of aliphatic hydroxyl groups is 1. The van der Waals surface area contributed by atoms with Gasteiger partial charge in [0.25, 0.3) is 0 Å². The fraction of sp³-hybridized carbons (Fsp3) is 0.231. The van der Waals surface area contributed by atoms with Gasteiger partial charge in [-0.25, -0.2) is 0 Å². The van der Waals surface area contributed by atoms with E-state index in [1.807, 2.05) is 36.4 Å². The van der Waals surface area contributed by atoms with Gasteiger partial charge in [0, 0.05) is 0 Å². The Balaban J connectivity index is 2.57. The maximum Gasteiger partial charge on any atom is 0.119 e. The van der Waals surface area contributed by atoms with Crippen LogP contribution in [0, 0.1) is 0 Å². The van der Waals surface area contributed by atoms with Crippen molar-refractivity contribution in [3.05, 3.63) is 42.0 Å². The van der Waals surface area contributed by atoms with Gasteiger partial charge in [0.05, 0.1) is 13.2 Å². The predicted octanol–water partition coefficient (Wildman–Crippen LogP) is 2.90. The summed E-state index contributed by atoms with van der Waals surface area (Å²) in [6, 6.07) is 11.9. The van der Waals surface area contributed by atoms with E-state index in [1.165, 1.54) is 0 Å². The van der Waals surface area contributed by atoms with E-state index in [9.17, 15) is 5.11 Å². The van der Waals surface area contributed by atoms with Crippen LogP contribution in [0.15, 0.2) is 36.4 Å². The van der Waals surface area contributed by atoms with Gasteiger partial charge in [0.15, 0.2) is 0 Å². The van der Waals surface area contributed by atoms with Crippen LogP contribution in [0.4, 0.5) is 0 Å². The van der Waals surface area contributed by atoms with Gasteiger partial charge in [-0.3, -0.25) is 0 Å². The van der Waals surface area contributed by atoms with Crippen molar-refractivity contribution in [2.45, 2.75) is 13.0 Å². The van der Waals surface area contributed by atoms with Gasteiger partial charge in [0.2, 0.25) is 0 Å². The summed E-state index contributed by atoms with van der Waals surface area (Å²) in [7, 11) is 1.65. The van der Waals surface area contributed by atoms with Crippen molar-refractivity contribution in [2.24, 2.45) is 0 Å². The molecule has 0 bridgehead atoms. The van der Waals surface area contributed by atoms with Gasteiger partial charge in [-0.15, -0.1) is 0 Å². The lowest BCUT2D eigenvalue weighted by Gasteiger charge is -2.07. The summed E-state index contributed by atoms with van der Waals surface area (Å²) in [6.07, 6.45) is -0.430. The van der Waals surface area contributed by atoms with Gasteiger partial charge in [0.1, 0.15) is 5.75 Å². The molecule has 0 amide bonds. The number of methoxy groups -OCH3 is 1. The molecule has 1 N–H and O–H groups in total. The highest BCUT2D eigenvalue weighted by atomic mass is 16.5. The second-order valence-corrected chi connectivity index (χ2v) is 3.65. The highest BCUT2D eigenvalue weighted by Gasteiger charge is 2.02. The number of fused-ring (bicyclic) bond motifs is 1. The Hall–Kier alpha value is -1.54. The Labute approximate surface area is 89.1 Å². The molecule has 0 saturated heterocycles. The molecular formula is C13H14O2. The molecule has 2 aromatic rings. The van der Waals surface area contributed by atoms with Crippen molar-refractivity contribution >= 4 is 10.8 Å².